The van der Waals surface area contributed by atoms with E-state index in [-0.39, 0.29) is 5.56 Å². The van der Waals surface area contributed by atoms with Crippen LogP contribution in [0.2, 0.25) is 5.02 Å². The van der Waals surface area contributed by atoms with Crippen LogP contribution >= 0.6 is 11.6 Å². The quantitative estimate of drug-likeness (QED) is 0.841. The van der Waals surface area contributed by atoms with E-state index >= 15 is 0 Å². The van der Waals surface area contributed by atoms with E-state index in [0.29, 0.717) is 0 Å². The molecule has 1 aromatic carbocycles. The monoisotopic (exact) mass is 331 g/mol. The van der Waals surface area contributed by atoms with Crippen molar-refractivity contribution in [1.82, 2.24) is 5.32 Å². The fourth-order valence-corrected chi connectivity index (χ4v) is 1.97. The van der Waals surface area contributed by atoms with Gasteiger partial charge in [-0.15, -0.1) is 13.2 Å². The SMILES string of the molecule is O=C1N[C@@H](c2ccc(OC(F)(F)F)c(Cl)c2)C(F)(F)CO1. The molecule has 1 aliphatic heterocycles. The summed E-state index contributed by atoms with van der Waals surface area (Å²) in [5, 5.41) is 1.37. The molecule has 1 amide bonds. The molecule has 0 aliphatic carbocycles. The Morgan fingerprint density at radius 3 is 2.62 bits per heavy atom. The number of nitrogens with one attached hydrogen (secondary N) is 1. The van der Waals surface area contributed by atoms with Crippen molar-refractivity contribution in [2.24, 2.45) is 0 Å². The Kier molecular flexibility index (Phi) is 3.87. The van der Waals surface area contributed by atoms with Crippen molar-refractivity contribution in [2.75, 3.05) is 6.61 Å². The summed E-state index contributed by atoms with van der Waals surface area (Å²) in [7, 11) is 0. The molecule has 0 saturated carbocycles. The Bertz CT molecular complexity index is 563. The lowest BCUT2D eigenvalue weighted by Crippen LogP contribution is -2.49. The predicted molar refractivity (Wildman–Crippen MR) is 60.3 cm³/mol. The molecule has 0 unspecified atom stereocenters. The minimum absolute atomic E-state index is 0.170. The highest BCUT2D eigenvalue weighted by atomic mass is 35.5. The number of halogens is 6. The lowest BCUT2D eigenvalue weighted by atomic mass is 10.00. The van der Waals surface area contributed by atoms with Gasteiger partial charge < -0.3 is 14.8 Å². The van der Waals surface area contributed by atoms with Crippen LogP contribution in [0.15, 0.2) is 18.2 Å². The second-order valence-corrected chi connectivity index (χ2v) is 4.56. The van der Waals surface area contributed by atoms with Crippen molar-refractivity contribution in [3.05, 3.63) is 28.8 Å². The maximum atomic E-state index is 13.6. The van der Waals surface area contributed by atoms with Gasteiger partial charge in [-0.05, 0) is 17.7 Å². The van der Waals surface area contributed by atoms with Crippen LogP contribution in [0.25, 0.3) is 0 Å². The number of carbonyl (C=O) groups excluding carboxylic acids is 1. The molecule has 0 radical (unpaired) electrons. The second kappa shape index (κ2) is 5.21. The van der Waals surface area contributed by atoms with Crippen molar-refractivity contribution in [3.63, 3.8) is 0 Å². The van der Waals surface area contributed by atoms with E-state index in [0.717, 1.165) is 18.2 Å². The molecule has 21 heavy (non-hydrogen) atoms. The summed E-state index contributed by atoms with van der Waals surface area (Å²) in [5.41, 5.74) is -0.170. The summed E-state index contributed by atoms with van der Waals surface area (Å²) in [5.74, 6) is -4.15. The molecule has 1 saturated heterocycles. The Hall–Kier alpha value is -1.77. The number of carbonyl (C=O) groups is 1. The Morgan fingerprint density at radius 2 is 2.05 bits per heavy atom. The molecule has 10 heteroatoms. The van der Waals surface area contributed by atoms with Gasteiger partial charge in [0.05, 0.1) is 5.02 Å². The number of hydrogen-bond donors (Lipinski definition) is 1. The van der Waals surface area contributed by atoms with Crippen LogP contribution in [-0.4, -0.2) is 25.0 Å². The van der Waals surface area contributed by atoms with E-state index in [2.05, 4.69) is 9.47 Å². The zero-order valence-electron chi connectivity index (χ0n) is 10.0. The van der Waals surface area contributed by atoms with E-state index in [4.69, 9.17) is 11.6 Å². The van der Waals surface area contributed by atoms with Crippen molar-refractivity contribution in [3.8, 4) is 5.75 Å². The molecule has 2 rings (SSSR count). The van der Waals surface area contributed by atoms with Crippen LogP contribution in [0.4, 0.5) is 26.7 Å². The molecule has 1 heterocycles. The number of benzene rings is 1. The smallest absolute Gasteiger partial charge is 0.443 e. The number of alkyl carbamates (subject to hydrolysis) is 1. The number of rotatable bonds is 2. The third-order valence-electron chi connectivity index (χ3n) is 2.60. The van der Waals surface area contributed by atoms with Gasteiger partial charge in [-0.25, -0.2) is 13.6 Å². The van der Waals surface area contributed by atoms with E-state index in [9.17, 15) is 26.7 Å². The van der Waals surface area contributed by atoms with Crippen LogP contribution in [0, 0.1) is 0 Å². The molecule has 1 fully saturated rings. The third-order valence-corrected chi connectivity index (χ3v) is 2.89. The average Bonchev–Trinajstić information content (AvgIpc) is 2.33. The zero-order valence-corrected chi connectivity index (χ0v) is 10.8. The van der Waals surface area contributed by atoms with Gasteiger partial charge >= 0.3 is 18.4 Å². The Balaban J connectivity index is 2.28. The first-order valence-electron chi connectivity index (χ1n) is 5.45. The van der Waals surface area contributed by atoms with E-state index in [1.165, 1.54) is 0 Å². The number of cyclic esters (lactones) is 1. The number of hydrogen-bond acceptors (Lipinski definition) is 3. The molecule has 0 aromatic heterocycles. The summed E-state index contributed by atoms with van der Waals surface area (Å²) in [6.07, 6.45) is -6.01. The van der Waals surface area contributed by atoms with E-state index in [1.54, 1.807) is 0 Å². The fraction of sp³-hybridized carbons (Fsp3) is 0.364. The van der Waals surface area contributed by atoms with Crippen molar-refractivity contribution < 1.29 is 36.2 Å². The summed E-state index contributed by atoms with van der Waals surface area (Å²) in [4.78, 5) is 11.0. The highest BCUT2D eigenvalue weighted by Gasteiger charge is 2.47. The lowest BCUT2D eigenvalue weighted by Gasteiger charge is -2.32. The zero-order chi connectivity index (χ0) is 15.8. The fourth-order valence-electron chi connectivity index (χ4n) is 1.74. The first-order valence-corrected chi connectivity index (χ1v) is 5.82. The molecule has 0 spiro atoms. The van der Waals surface area contributed by atoms with Crippen molar-refractivity contribution in [2.45, 2.75) is 18.3 Å². The molecule has 1 atom stereocenters. The average molecular weight is 332 g/mol. The van der Waals surface area contributed by atoms with Gasteiger partial charge in [0.15, 0.2) is 6.61 Å². The van der Waals surface area contributed by atoms with Crippen molar-refractivity contribution in [1.29, 1.82) is 0 Å². The van der Waals surface area contributed by atoms with Crippen LogP contribution in [0.3, 0.4) is 0 Å². The van der Waals surface area contributed by atoms with Gasteiger partial charge in [0, 0.05) is 0 Å². The molecule has 4 nitrogen and oxygen atoms in total. The molecular formula is C11H7ClF5NO3. The molecule has 1 N–H and O–H groups in total. The Morgan fingerprint density at radius 1 is 1.38 bits per heavy atom. The highest BCUT2D eigenvalue weighted by Crippen LogP contribution is 2.38. The standard InChI is InChI=1S/C11H7ClF5NO3/c12-6-3-5(1-2-7(6)21-11(15,16)17)8-10(13,14)4-20-9(19)18-8/h1-3,8H,4H2,(H,18,19)/t8-/m0/s1. The maximum Gasteiger partial charge on any atom is 0.573 e. The minimum atomic E-state index is -4.96. The first kappa shape index (κ1) is 15.6. The van der Waals surface area contributed by atoms with E-state index in [1.807, 2.05) is 5.32 Å². The van der Waals surface area contributed by atoms with Crippen molar-refractivity contribution >= 4 is 17.7 Å². The van der Waals surface area contributed by atoms with Gasteiger partial charge in [0.25, 0.3) is 0 Å². The maximum absolute atomic E-state index is 13.6. The van der Waals surface area contributed by atoms with Crippen LogP contribution in [-0.2, 0) is 4.74 Å². The van der Waals surface area contributed by atoms with Crippen LogP contribution < -0.4 is 10.1 Å². The molecule has 1 aromatic rings. The van der Waals surface area contributed by atoms with Gasteiger partial charge in [-0.2, -0.15) is 0 Å². The third kappa shape index (κ3) is 3.66. The summed E-state index contributed by atoms with van der Waals surface area (Å²) < 4.78 is 71.3. The van der Waals surface area contributed by atoms with Gasteiger partial charge in [0.2, 0.25) is 0 Å². The first-order chi connectivity index (χ1) is 9.58. The predicted octanol–water partition coefficient (Wildman–Crippen LogP) is 3.65. The largest absolute Gasteiger partial charge is 0.573 e. The molecule has 116 valence electrons. The Labute approximate surface area is 119 Å². The number of ether oxygens (including phenoxy) is 2. The topological polar surface area (TPSA) is 47.6 Å². The second-order valence-electron chi connectivity index (χ2n) is 4.15. The number of alkyl halides is 5. The van der Waals surface area contributed by atoms with Crippen LogP contribution in [0.5, 0.6) is 5.75 Å². The minimum Gasteiger partial charge on any atom is -0.443 e. The van der Waals surface area contributed by atoms with Crippen LogP contribution in [0.1, 0.15) is 11.6 Å². The molecular weight excluding hydrogens is 325 g/mol. The van der Waals surface area contributed by atoms with Gasteiger partial charge in [-0.3, -0.25) is 0 Å². The van der Waals surface area contributed by atoms with Gasteiger partial charge in [-0.1, -0.05) is 17.7 Å². The molecule has 1 aliphatic rings. The number of amides is 1. The lowest BCUT2D eigenvalue weighted by molar-refractivity contribution is -0.274. The van der Waals surface area contributed by atoms with E-state index < -0.39 is 41.8 Å². The summed E-state index contributed by atoms with van der Waals surface area (Å²) in [6.45, 7) is -1.14. The van der Waals surface area contributed by atoms with Gasteiger partial charge in [0.1, 0.15) is 11.8 Å². The summed E-state index contributed by atoms with van der Waals surface area (Å²) >= 11 is 5.57. The molecule has 0 bridgehead atoms. The normalized spacial score (nSPS) is 21.4. The highest BCUT2D eigenvalue weighted by molar-refractivity contribution is 6.32. The summed E-state index contributed by atoms with van der Waals surface area (Å²) in [6, 6.07) is 0.864.